The van der Waals surface area contributed by atoms with Crippen LogP contribution in [0.15, 0.2) is 101 Å². The number of nitro benzene ring substituents is 1. The number of allylic oxidation sites excluding steroid dienone is 1. The van der Waals surface area contributed by atoms with E-state index in [1.54, 1.807) is 26.2 Å². The van der Waals surface area contributed by atoms with Gasteiger partial charge < -0.3 is 36.5 Å². The number of ether oxygens (including phenoxy) is 2. The first-order valence-electron chi connectivity index (χ1n) is 16.9. The van der Waals surface area contributed by atoms with Gasteiger partial charge in [0, 0.05) is 47.8 Å². The van der Waals surface area contributed by atoms with Crippen LogP contribution >= 0.6 is 0 Å². The Kier molecular flexibility index (Phi) is 12.0. The molecule has 3 aromatic rings. The van der Waals surface area contributed by atoms with E-state index in [0.29, 0.717) is 36.5 Å². The molecule has 0 saturated carbocycles. The molecular weight excluding hydrogens is 636 g/mol. The molecular formula is C38H46N6O6. The number of hydrogen-bond acceptors (Lipinski definition) is 9. The maximum atomic E-state index is 14.0. The number of amides is 2. The normalized spacial score (nSPS) is 17.6. The van der Waals surface area contributed by atoms with Gasteiger partial charge in [-0.15, -0.1) is 0 Å². The molecule has 2 aliphatic rings. The molecule has 1 saturated heterocycles. The lowest BCUT2D eigenvalue weighted by Gasteiger charge is -2.43. The summed E-state index contributed by atoms with van der Waals surface area (Å²) < 4.78 is 11.1. The van der Waals surface area contributed by atoms with Gasteiger partial charge >= 0.3 is 0 Å². The highest BCUT2D eigenvalue weighted by atomic mass is 16.6. The van der Waals surface area contributed by atoms with Gasteiger partial charge in [-0.1, -0.05) is 54.6 Å². The fourth-order valence-electron chi connectivity index (χ4n) is 7.15. The van der Waals surface area contributed by atoms with Crippen LogP contribution in [0.3, 0.4) is 0 Å². The average molecular weight is 683 g/mol. The molecule has 3 aromatic carbocycles. The zero-order valence-electron chi connectivity index (χ0n) is 28.7. The van der Waals surface area contributed by atoms with Crippen molar-refractivity contribution in [1.82, 2.24) is 15.5 Å². The van der Waals surface area contributed by atoms with E-state index in [9.17, 15) is 19.7 Å². The Bertz CT molecular complexity index is 1710. The predicted molar refractivity (Wildman–Crippen MR) is 191 cm³/mol. The van der Waals surface area contributed by atoms with E-state index >= 15 is 0 Å². The molecule has 0 spiro atoms. The van der Waals surface area contributed by atoms with Crippen LogP contribution < -0.4 is 26.8 Å². The fraction of sp³-hybridized carbons (Fsp3) is 0.368. The molecule has 1 fully saturated rings. The van der Waals surface area contributed by atoms with Crippen LogP contribution in [0.4, 0.5) is 5.69 Å². The Hall–Kier alpha value is -5.04. The van der Waals surface area contributed by atoms with Crippen molar-refractivity contribution in [2.24, 2.45) is 11.5 Å². The number of hydrogen-bond donors (Lipinski definition) is 4. The Labute approximate surface area is 292 Å². The number of benzene rings is 3. The molecule has 0 bridgehead atoms. The summed E-state index contributed by atoms with van der Waals surface area (Å²) in [5, 5.41) is 17.5. The second kappa shape index (κ2) is 16.6. The SMILES string of the molecule is COc1ccc(C2(c3ccccc3)CCN(CCCNC(=O)C3=C(COCCN)NC(C)=C(C(N)=O)C3c3ccc([N+](=O)[O-])cc3)CC2)cc1. The van der Waals surface area contributed by atoms with Crippen LogP contribution in [0.5, 0.6) is 5.75 Å². The van der Waals surface area contributed by atoms with E-state index in [0.717, 1.165) is 38.2 Å². The van der Waals surface area contributed by atoms with Crippen LogP contribution in [-0.4, -0.2) is 74.7 Å². The van der Waals surface area contributed by atoms with Gasteiger partial charge in [0.15, 0.2) is 0 Å². The number of nitrogens with one attached hydrogen (secondary N) is 2. The summed E-state index contributed by atoms with van der Waals surface area (Å²) in [4.78, 5) is 40.0. The lowest BCUT2D eigenvalue weighted by Crippen LogP contribution is -2.44. The standard InChI is InChI=1S/C38H46N6O6/c1-26-33(36(40)45)34(27-9-13-30(14-10-27)44(47)48)35(32(42-26)25-50-24-19-39)37(46)41-20-6-21-43-22-17-38(18-23-43,28-7-4-3-5-8-28)29-11-15-31(49-2)16-12-29/h3-5,7-16,34,42H,6,17-25,39H2,1-2H3,(H2,40,45)(H,41,46). The molecule has 12 nitrogen and oxygen atoms in total. The number of nitro groups is 1. The third-order valence-corrected chi connectivity index (χ3v) is 9.72. The van der Waals surface area contributed by atoms with Gasteiger partial charge in [0.25, 0.3) is 5.69 Å². The Balaban J connectivity index is 1.28. The van der Waals surface area contributed by atoms with E-state index in [4.69, 9.17) is 20.9 Å². The largest absolute Gasteiger partial charge is 0.497 e. The molecule has 6 N–H and O–H groups in total. The van der Waals surface area contributed by atoms with Gasteiger partial charge in [0.05, 0.1) is 36.5 Å². The molecule has 1 atom stereocenters. The van der Waals surface area contributed by atoms with Gasteiger partial charge in [-0.25, -0.2) is 0 Å². The van der Waals surface area contributed by atoms with E-state index < -0.39 is 16.7 Å². The number of carbonyl (C=O) groups is 2. The Morgan fingerprint density at radius 2 is 1.66 bits per heavy atom. The molecule has 2 aliphatic heterocycles. The molecule has 0 radical (unpaired) electrons. The van der Waals surface area contributed by atoms with Crippen molar-refractivity contribution in [3.05, 3.63) is 128 Å². The summed E-state index contributed by atoms with van der Waals surface area (Å²) in [6.07, 6.45) is 2.63. The fourth-order valence-corrected chi connectivity index (χ4v) is 7.15. The van der Waals surface area contributed by atoms with Crippen molar-refractivity contribution < 1.29 is 24.0 Å². The maximum absolute atomic E-state index is 14.0. The second-order valence-corrected chi connectivity index (χ2v) is 12.7. The zero-order valence-corrected chi connectivity index (χ0v) is 28.7. The highest BCUT2D eigenvalue weighted by Gasteiger charge is 2.39. The summed E-state index contributed by atoms with van der Waals surface area (Å²) >= 11 is 0. The highest BCUT2D eigenvalue weighted by Crippen LogP contribution is 2.42. The molecule has 2 heterocycles. The molecule has 2 amide bonds. The number of primary amides is 1. The molecule has 1 unspecified atom stereocenters. The number of nitrogens with two attached hydrogens (primary N) is 2. The molecule has 12 heteroatoms. The minimum absolute atomic E-state index is 0.0535. The lowest BCUT2D eigenvalue weighted by molar-refractivity contribution is -0.384. The number of dihydropyridines is 1. The zero-order chi connectivity index (χ0) is 35.7. The Morgan fingerprint density at radius 3 is 2.26 bits per heavy atom. The summed E-state index contributed by atoms with van der Waals surface area (Å²) in [6, 6.07) is 24.9. The predicted octanol–water partition coefficient (Wildman–Crippen LogP) is 3.87. The third kappa shape index (κ3) is 8.05. The number of methoxy groups -OCH3 is 1. The summed E-state index contributed by atoms with van der Waals surface area (Å²) in [5.41, 5.74) is 15.8. The molecule has 50 heavy (non-hydrogen) atoms. The highest BCUT2D eigenvalue weighted by molar-refractivity contribution is 6.03. The number of piperidine rings is 1. The van der Waals surface area contributed by atoms with E-state index in [1.807, 2.05) is 18.2 Å². The number of carbonyl (C=O) groups excluding carboxylic acids is 2. The van der Waals surface area contributed by atoms with Gasteiger partial charge in [-0.05, 0) is 74.6 Å². The lowest BCUT2D eigenvalue weighted by atomic mass is 9.68. The molecule has 5 rings (SSSR count). The third-order valence-electron chi connectivity index (χ3n) is 9.72. The van der Waals surface area contributed by atoms with E-state index in [2.05, 4.69) is 51.9 Å². The summed E-state index contributed by atoms with van der Waals surface area (Å²) in [7, 11) is 1.68. The van der Waals surface area contributed by atoms with Crippen LogP contribution in [0.25, 0.3) is 0 Å². The summed E-state index contributed by atoms with van der Waals surface area (Å²) in [5.74, 6) is -1.09. The van der Waals surface area contributed by atoms with Gasteiger partial charge in [-0.3, -0.25) is 19.7 Å². The first-order chi connectivity index (χ1) is 24.2. The number of likely N-dealkylation sites (tertiary alicyclic amines) is 1. The molecule has 264 valence electrons. The first-order valence-corrected chi connectivity index (χ1v) is 16.9. The van der Waals surface area contributed by atoms with Gasteiger partial charge in [0.1, 0.15) is 5.75 Å². The maximum Gasteiger partial charge on any atom is 0.269 e. The van der Waals surface area contributed by atoms with Crippen molar-refractivity contribution in [2.75, 3.05) is 53.0 Å². The smallest absolute Gasteiger partial charge is 0.269 e. The first kappa shape index (κ1) is 36.2. The van der Waals surface area contributed by atoms with Crippen molar-refractivity contribution in [3.63, 3.8) is 0 Å². The number of non-ortho nitro benzene ring substituents is 1. The van der Waals surface area contributed by atoms with Gasteiger partial charge in [0.2, 0.25) is 11.8 Å². The average Bonchev–Trinajstić information content (AvgIpc) is 3.13. The minimum atomic E-state index is -0.850. The van der Waals surface area contributed by atoms with Crippen molar-refractivity contribution in [3.8, 4) is 5.75 Å². The van der Waals surface area contributed by atoms with E-state index in [1.165, 1.54) is 23.3 Å². The number of nitrogens with zero attached hydrogens (tertiary/aromatic N) is 2. The summed E-state index contributed by atoms with van der Waals surface area (Å²) in [6.45, 7) is 5.34. The van der Waals surface area contributed by atoms with Crippen molar-refractivity contribution in [1.29, 1.82) is 0 Å². The van der Waals surface area contributed by atoms with Crippen molar-refractivity contribution >= 4 is 17.5 Å². The molecule has 0 aliphatic carbocycles. The van der Waals surface area contributed by atoms with Crippen molar-refractivity contribution in [2.45, 2.75) is 37.5 Å². The topological polar surface area (TPSA) is 175 Å². The van der Waals surface area contributed by atoms with Crippen LogP contribution in [0.2, 0.25) is 0 Å². The van der Waals surface area contributed by atoms with Crippen LogP contribution in [0.1, 0.15) is 48.8 Å². The molecule has 0 aromatic heterocycles. The Morgan fingerprint density at radius 1 is 1.00 bits per heavy atom. The number of rotatable bonds is 15. The van der Waals surface area contributed by atoms with Crippen LogP contribution in [0, 0.1) is 10.1 Å². The monoisotopic (exact) mass is 682 g/mol. The quantitative estimate of drug-likeness (QED) is 0.105. The second-order valence-electron chi connectivity index (χ2n) is 12.7. The van der Waals surface area contributed by atoms with Crippen LogP contribution in [-0.2, 0) is 19.7 Å². The van der Waals surface area contributed by atoms with E-state index in [-0.39, 0.29) is 41.4 Å². The minimum Gasteiger partial charge on any atom is -0.497 e. The van der Waals surface area contributed by atoms with Gasteiger partial charge in [-0.2, -0.15) is 0 Å².